The maximum absolute atomic E-state index is 13.2. The van der Waals surface area contributed by atoms with Crippen molar-refractivity contribution in [2.45, 2.75) is 45.9 Å². The summed E-state index contributed by atoms with van der Waals surface area (Å²) in [5.41, 5.74) is 3.14. The van der Waals surface area contributed by atoms with E-state index in [1.807, 2.05) is 36.7 Å². The molecule has 0 radical (unpaired) electrons. The van der Waals surface area contributed by atoms with Gasteiger partial charge in [-0.1, -0.05) is 6.07 Å². The van der Waals surface area contributed by atoms with E-state index in [4.69, 9.17) is 9.84 Å². The van der Waals surface area contributed by atoms with Gasteiger partial charge in [0.1, 0.15) is 11.7 Å². The molecule has 0 saturated carbocycles. The molecule has 152 valence electrons. The van der Waals surface area contributed by atoms with Crippen molar-refractivity contribution in [1.82, 2.24) is 14.3 Å². The highest BCUT2D eigenvalue weighted by Gasteiger charge is 2.23. The minimum absolute atomic E-state index is 0.0348. The first-order valence-corrected chi connectivity index (χ1v) is 9.98. The summed E-state index contributed by atoms with van der Waals surface area (Å²) in [6, 6.07) is 5.75. The van der Waals surface area contributed by atoms with Gasteiger partial charge in [0.05, 0.1) is 23.7 Å². The number of hydrogen-bond acceptors (Lipinski definition) is 5. The third kappa shape index (κ3) is 3.35. The fourth-order valence-electron chi connectivity index (χ4n) is 4.03. The number of methoxy groups -OCH3 is 1. The molecule has 1 aliphatic rings. The molecule has 1 aromatic carbocycles. The summed E-state index contributed by atoms with van der Waals surface area (Å²) in [7, 11) is 1.35. The first-order valence-electron chi connectivity index (χ1n) is 9.98. The number of ether oxygens (including phenoxy) is 2. The van der Waals surface area contributed by atoms with E-state index < -0.39 is 5.97 Å². The van der Waals surface area contributed by atoms with Crippen LogP contribution >= 0.6 is 0 Å². The summed E-state index contributed by atoms with van der Waals surface area (Å²) in [5, 5.41) is 6.32. The van der Waals surface area contributed by atoms with E-state index in [0.29, 0.717) is 24.1 Å². The number of benzene rings is 1. The van der Waals surface area contributed by atoms with Crippen molar-refractivity contribution < 1.29 is 14.3 Å². The number of aromatic nitrogens is 3. The van der Waals surface area contributed by atoms with Crippen LogP contribution in [0.1, 0.15) is 43.7 Å². The number of esters is 1. The van der Waals surface area contributed by atoms with E-state index in [0.717, 1.165) is 41.4 Å². The molecule has 7 heteroatoms. The number of hydrogen-bond donors (Lipinski definition) is 0. The summed E-state index contributed by atoms with van der Waals surface area (Å²) >= 11 is 0. The average molecular weight is 395 g/mol. The van der Waals surface area contributed by atoms with Crippen molar-refractivity contribution in [2.24, 2.45) is 0 Å². The predicted molar refractivity (Wildman–Crippen MR) is 112 cm³/mol. The van der Waals surface area contributed by atoms with Crippen LogP contribution in [0, 0.1) is 6.92 Å². The molecule has 1 saturated heterocycles. The molecule has 1 aliphatic heterocycles. The molecule has 0 bridgehead atoms. The van der Waals surface area contributed by atoms with E-state index in [2.05, 4.69) is 4.74 Å². The van der Waals surface area contributed by atoms with Gasteiger partial charge < -0.3 is 14.0 Å². The Morgan fingerprint density at radius 2 is 2.21 bits per heavy atom. The van der Waals surface area contributed by atoms with Crippen LogP contribution in [0.5, 0.6) is 0 Å². The van der Waals surface area contributed by atoms with Crippen molar-refractivity contribution in [3.05, 3.63) is 45.9 Å². The summed E-state index contributed by atoms with van der Waals surface area (Å²) in [5.74, 6) is -0.414. The van der Waals surface area contributed by atoms with Gasteiger partial charge >= 0.3 is 5.97 Å². The Kier molecular flexibility index (Phi) is 5.24. The average Bonchev–Trinajstić information content (AvgIpc) is 3.11. The van der Waals surface area contributed by atoms with E-state index in [1.54, 1.807) is 10.6 Å². The van der Waals surface area contributed by atoms with Gasteiger partial charge in [0.25, 0.3) is 5.56 Å². The number of rotatable bonds is 4. The second-order valence-electron chi connectivity index (χ2n) is 7.26. The second-order valence-corrected chi connectivity index (χ2v) is 7.26. The highest BCUT2D eigenvalue weighted by Crippen LogP contribution is 2.30. The summed E-state index contributed by atoms with van der Waals surface area (Å²) in [4.78, 5) is 24.7. The van der Waals surface area contributed by atoms with Gasteiger partial charge in [0, 0.05) is 24.6 Å². The lowest BCUT2D eigenvalue weighted by molar-refractivity contribution is -0.134. The molecule has 7 nitrogen and oxygen atoms in total. The molecule has 0 N–H and O–H groups in total. The normalized spacial score (nSPS) is 17.4. The monoisotopic (exact) mass is 395 g/mol. The van der Waals surface area contributed by atoms with Gasteiger partial charge in [-0.15, -0.1) is 0 Å². The second kappa shape index (κ2) is 7.83. The molecule has 4 rings (SSSR count). The lowest BCUT2D eigenvalue weighted by Gasteiger charge is -2.23. The van der Waals surface area contributed by atoms with Crippen LogP contribution in [0.2, 0.25) is 0 Å². The van der Waals surface area contributed by atoms with Crippen molar-refractivity contribution in [2.75, 3.05) is 13.7 Å². The largest absolute Gasteiger partial charge is 0.466 e. The zero-order chi connectivity index (χ0) is 20.5. The number of aryl methyl sites for hydroxylation is 2. The Bertz CT molecular complexity index is 1170. The van der Waals surface area contributed by atoms with Crippen LogP contribution in [0.3, 0.4) is 0 Å². The minimum atomic E-state index is -0.414. The lowest BCUT2D eigenvalue weighted by Crippen LogP contribution is -2.21. The van der Waals surface area contributed by atoms with Gasteiger partial charge in [-0.25, -0.2) is 9.48 Å². The van der Waals surface area contributed by atoms with Crippen molar-refractivity contribution >= 4 is 33.9 Å². The summed E-state index contributed by atoms with van der Waals surface area (Å²) in [6.07, 6.45) is 5.98. The van der Waals surface area contributed by atoms with Crippen LogP contribution in [0.25, 0.3) is 27.9 Å². The molecule has 2 aromatic heterocycles. The van der Waals surface area contributed by atoms with Crippen LogP contribution in [0.15, 0.2) is 29.1 Å². The van der Waals surface area contributed by atoms with Gasteiger partial charge in [-0.3, -0.25) is 4.79 Å². The number of fused-ring (bicyclic) bond motifs is 3. The number of nitrogens with zero attached hydrogens (tertiary/aromatic N) is 3. The molecule has 0 spiro atoms. The summed E-state index contributed by atoms with van der Waals surface area (Å²) in [6.45, 7) is 5.17. The highest BCUT2D eigenvalue weighted by molar-refractivity contribution is 6.05. The zero-order valence-corrected chi connectivity index (χ0v) is 17.0. The summed E-state index contributed by atoms with van der Waals surface area (Å²) < 4.78 is 14.2. The third-order valence-corrected chi connectivity index (χ3v) is 5.53. The van der Waals surface area contributed by atoms with Gasteiger partial charge in [0.2, 0.25) is 0 Å². The molecule has 0 aliphatic carbocycles. The topological polar surface area (TPSA) is 75.4 Å². The first kappa shape index (κ1) is 19.4. The minimum Gasteiger partial charge on any atom is -0.466 e. The Hall–Kier alpha value is -2.93. The van der Waals surface area contributed by atoms with Crippen molar-refractivity contribution in [3.63, 3.8) is 0 Å². The Morgan fingerprint density at radius 1 is 1.38 bits per heavy atom. The van der Waals surface area contributed by atoms with E-state index in [-0.39, 0.29) is 11.8 Å². The van der Waals surface area contributed by atoms with Crippen LogP contribution in [0.4, 0.5) is 0 Å². The van der Waals surface area contributed by atoms with Crippen molar-refractivity contribution in [3.8, 4) is 0 Å². The van der Waals surface area contributed by atoms with Crippen LogP contribution in [-0.4, -0.2) is 34.0 Å². The maximum Gasteiger partial charge on any atom is 0.330 e. The SMILES string of the molecule is CCn1c(=O)c2c(C)n(C3CCCCO3)nc2c2cc(/C=C/C(=O)OC)ccc21. The van der Waals surface area contributed by atoms with E-state index >= 15 is 0 Å². The standard InChI is InChI=1S/C22H25N3O4/c1-4-24-17-10-8-15(9-11-19(26)28-3)13-16(17)21-20(22(24)27)14(2)25(23-21)18-7-5-6-12-29-18/h8-11,13,18H,4-7,12H2,1-3H3/b11-9+. The number of pyridine rings is 1. The smallest absolute Gasteiger partial charge is 0.330 e. The molecule has 1 unspecified atom stereocenters. The third-order valence-electron chi connectivity index (χ3n) is 5.53. The van der Waals surface area contributed by atoms with Gasteiger partial charge in [-0.2, -0.15) is 5.10 Å². The molecule has 3 aromatic rings. The molecule has 1 fully saturated rings. The zero-order valence-electron chi connectivity index (χ0n) is 17.0. The number of carbonyl (C=O) groups is 1. The molecule has 1 atom stereocenters. The quantitative estimate of drug-likeness (QED) is 0.499. The molecule has 3 heterocycles. The first-order chi connectivity index (χ1) is 14.0. The van der Waals surface area contributed by atoms with Crippen LogP contribution < -0.4 is 5.56 Å². The van der Waals surface area contributed by atoms with Gasteiger partial charge in [0.15, 0.2) is 0 Å². The highest BCUT2D eigenvalue weighted by atomic mass is 16.5. The predicted octanol–water partition coefficient (Wildman–Crippen LogP) is 3.56. The maximum atomic E-state index is 13.2. The Balaban J connectivity index is 1.96. The Morgan fingerprint density at radius 3 is 2.90 bits per heavy atom. The molecule has 29 heavy (non-hydrogen) atoms. The fraction of sp³-hybridized carbons (Fsp3) is 0.409. The number of carbonyl (C=O) groups excluding carboxylic acids is 1. The van der Waals surface area contributed by atoms with E-state index in [9.17, 15) is 9.59 Å². The van der Waals surface area contributed by atoms with E-state index in [1.165, 1.54) is 13.2 Å². The molecular formula is C22H25N3O4. The van der Waals surface area contributed by atoms with Crippen LogP contribution in [-0.2, 0) is 20.8 Å². The molecular weight excluding hydrogens is 370 g/mol. The lowest BCUT2D eigenvalue weighted by atomic mass is 10.1. The van der Waals surface area contributed by atoms with Crippen molar-refractivity contribution in [1.29, 1.82) is 0 Å². The Labute approximate surface area is 168 Å². The fourth-order valence-corrected chi connectivity index (χ4v) is 4.03. The van der Waals surface area contributed by atoms with Gasteiger partial charge in [-0.05, 0) is 56.9 Å². The molecule has 0 amide bonds.